The molecule has 1 unspecified atom stereocenters. The highest BCUT2D eigenvalue weighted by Gasteiger charge is 2.17. The lowest BCUT2D eigenvalue weighted by Gasteiger charge is -2.14. The summed E-state index contributed by atoms with van der Waals surface area (Å²) < 4.78 is 0. The van der Waals surface area contributed by atoms with E-state index in [-0.39, 0.29) is 28.5 Å². The van der Waals surface area contributed by atoms with E-state index in [1.165, 1.54) is 0 Å². The number of halogens is 1. The van der Waals surface area contributed by atoms with Crippen molar-refractivity contribution < 1.29 is 9.59 Å². The average Bonchev–Trinajstić information content (AvgIpc) is 2.44. The molecular weight excluding hydrogens is 332 g/mol. The number of rotatable bonds is 6. The third-order valence-corrected chi connectivity index (χ3v) is 4.49. The Bertz CT molecular complexity index is 501. The number of carbonyl (C=O) groups is 2. The Morgan fingerprint density at radius 2 is 1.81 bits per heavy atom. The van der Waals surface area contributed by atoms with E-state index in [0.29, 0.717) is 6.54 Å². The number of benzene rings is 1. The van der Waals surface area contributed by atoms with Crippen LogP contribution in [0.25, 0.3) is 0 Å². The van der Waals surface area contributed by atoms with E-state index in [1.54, 1.807) is 0 Å². The molecule has 1 aromatic rings. The molecule has 1 rings (SSSR count). The number of carbonyl (C=O) groups excluding carboxylic acids is 2. The minimum absolute atomic E-state index is 0.0171. The standard InChI is InChI=1S/C16H23BrN2O2/c1-10(2)14(17)16(21)18-9-12-6-5-7-13(8-12)19-15(20)11(3)4/h5-8,10-11,14H,9H2,1-4H3,(H,18,21)(H,19,20). The maximum Gasteiger partial charge on any atom is 0.234 e. The van der Waals surface area contributed by atoms with Crippen LogP contribution in [0.1, 0.15) is 33.3 Å². The summed E-state index contributed by atoms with van der Waals surface area (Å²) in [6, 6.07) is 7.50. The third kappa shape index (κ3) is 5.87. The van der Waals surface area contributed by atoms with E-state index in [9.17, 15) is 9.59 Å². The van der Waals surface area contributed by atoms with Gasteiger partial charge in [-0.05, 0) is 23.6 Å². The molecule has 0 spiro atoms. The maximum atomic E-state index is 11.9. The summed E-state index contributed by atoms with van der Waals surface area (Å²) in [4.78, 5) is 23.4. The van der Waals surface area contributed by atoms with Gasteiger partial charge in [0.1, 0.15) is 0 Å². The second-order valence-electron chi connectivity index (χ2n) is 5.71. The molecule has 0 aromatic heterocycles. The van der Waals surface area contributed by atoms with Crippen molar-refractivity contribution >= 4 is 33.4 Å². The first kappa shape index (κ1) is 17.7. The lowest BCUT2D eigenvalue weighted by molar-refractivity contribution is -0.121. The van der Waals surface area contributed by atoms with Gasteiger partial charge in [0.05, 0.1) is 4.83 Å². The van der Waals surface area contributed by atoms with Crippen LogP contribution >= 0.6 is 15.9 Å². The van der Waals surface area contributed by atoms with Crippen LogP contribution in [0.4, 0.5) is 5.69 Å². The van der Waals surface area contributed by atoms with Crippen LogP contribution in [0.15, 0.2) is 24.3 Å². The molecular formula is C16H23BrN2O2. The minimum atomic E-state index is -0.193. The SMILES string of the molecule is CC(C)C(=O)Nc1cccc(CNC(=O)C(Br)C(C)C)c1. The molecule has 0 aliphatic rings. The van der Waals surface area contributed by atoms with Gasteiger partial charge in [-0.1, -0.05) is 55.8 Å². The fourth-order valence-electron chi connectivity index (χ4n) is 1.64. The van der Waals surface area contributed by atoms with E-state index in [0.717, 1.165) is 11.3 Å². The maximum absolute atomic E-state index is 11.9. The molecule has 0 radical (unpaired) electrons. The second-order valence-corrected chi connectivity index (χ2v) is 6.69. The number of amides is 2. The zero-order valence-corrected chi connectivity index (χ0v) is 14.5. The molecule has 5 heteroatoms. The first-order valence-corrected chi connectivity index (χ1v) is 8.04. The molecule has 0 aliphatic carbocycles. The van der Waals surface area contributed by atoms with Crippen molar-refractivity contribution in [1.29, 1.82) is 0 Å². The zero-order chi connectivity index (χ0) is 16.0. The van der Waals surface area contributed by atoms with Crippen molar-refractivity contribution in [3.63, 3.8) is 0 Å². The van der Waals surface area contributed by atoms with Gasteiger partial charge in [-0.3, -0.25) is 9.59 Å². The molecule has 0 heterocycles. The van der Waals surface area contributed by atoms with Crippen molar-refractivity contribution in [3.05, 3.63) is 29.8 Å². The normalized spacial score (nSPS) is 12.3. The molecule has 1 atom stereocenters. The Balaban J connectivity index is 2.61. The Morgan fingerprint density at radius 3 is 2.38 bits per heavy atom. The van der Waals surface area contributed by atoms with Crippen LogP contribution in [0.2, 0.25) is 0 Å². The van der Waals surface area contributed by atoms with Crippen molar-refractivity contribution in [2.75, 3.05) is 5.32 Å². The predicted molar refractivity (Wildman–Crippen MR) is 89.3 cm³/mol. The molecule has 0 saturated heterocycles. The predicted octanol–water partition coefficient (Wildman–Crippen LogP) is 3.32. The van der Waals surface area contributed by atoms with Crippen LogP contribution in [-0.4, -0.2) is 16.6 Å². The van der Waals surface area contributed by atoms with Gasteiger partial charge in [0, 0.05) is 18.2 Å². The summed E-state index contributed by atoms with van der Waals surface area (Å²) in [5.41, 5.74) is 1.70. The van der Waals surface area contributed by atoms with E-state index < -0.39 is 0 Å². The number of hydrogen-bond donors (Lipinski definition) is 2. The van der Waals surface area contributed by atoms with Gasteiger partial charge in [-0.2, -0.15) is 0 Å². The molecule has 0 saturated carbocycles. The van der Waals surface area contributed by atoms with Crippen molar-refractivity contribution in [1.82, 2.24) is 5.32 Å². The molecule has 2 amide bonds. The summed E-state index contributed by atoms with van der Waals surface area (Å²) in [6.07, 6.45) is 0. The zero-order valence-electron chi connectivity index (χ0n) is 12.9. The van der Waals surface area contributed by atoms with Gasteiger partial charge in [0.25, 0.3) is 0 Å². The highest BCUT2D eigenvalue weighted by Crippen LogP contribution is 2.14. The van der Waals surface area contributed by atoms with Gasteiger partial charge in [-0.25, -0.2) is 0 Å². The van der Waals surface area contributed by atoms with Crippen molar-refractivity contribution in [2.24, 2.45) is 11.8 Å². The first-order valence-electron chi connectivity index (χ1n) is 7.13. The fraction of sp³-hybridized carbons (Fsp3) is 0.500. The summed E-state index contributed by atoms with van der Waals surface area (Å²) in [5, 5.41) is 5.73. The van der Waals surface area contributed by atoms with Gasteiger partial charge in [0.2, 0.25) is 11.8 Å². The van der Waals surface area contributed by atoms with E-state index in [2.05, 4.69) is 26.6 Å². The van der Waals surface area contributed by atoms with Crippen LogP contribution in [0, 0.1) is 11.8 Å². The van der Waals surface area contributed by atoms with E-state index in [1.807, 2.05) is 52.0 Å². The number of nitrogens with one attached hydrogen (secondary N) is 2. The Morgan fingerprint density at radius 1 is 1.14 bits per heavy atom. The van der Waals surface area contributed by atoms with Gasteiger partial charge < -0.3 is 10.6 Å². The Hall–Kier alpha value is -1.36. The lowest BCUT2D eigenvalue weighted by atomic mass is 10.1. The van der Waals surface area contributed by atoms with Crippen LogP contribution < -0.4 is 10.6 Å². The topological polar surface area (TPSA) is 58.2 Å². The fourth-order valence-corrected chi connectivity index (χ4v) is 1.80. The van der Waals surface area contributed by atoms with Crippen LogP contribution in [0.5, 0.6) is 0 Å². The molecule has 0 bridgehead atoms. The summed E-state index contributed by atoms with van der Waals surface area (Å²) in [5.74, 6) is 0.133. The number of anilines is 1. The molecule has 0 fully saturated rings. The number of alkyl halides is 1. The molecule has 2 N–H and O–H groups in total. The molecule has 21 heavy (non-hydrogen) atoms. The molecule has 116 valence electrons. The van der Waals surface area contributed by atoms with Gasteiger partial charge in [-0.15, -0.1) is 0 Å². The van der Waals surface area contributed by atoms with E-state index in [4.69, 9.17) is 0 Å². The summed E-state index contributed by atoms with van der Waals surface area (Å²) in [6.45, 7) is 8.12. The summed E-state index contributed by atoms with van der Waals surface area (Å²) in [7, 11) is 0. The van der Waals surface area contributed by atoms with Gasteiger partial charge in [0.15, 0.2) is 0 Å². The monoisotopic (exact) mass is 354 g/mol. The quantitative estimate of drug-likeness (QED) is 0.769. The first-order chi connectivity index (χ1) is 9.81. The highest BCUT2D eigenvalue weighted by molar-refractivity contribution is 9.10. The second kappa shape index (κ2) is 8.17. The van der Waals surface area contributed by atoms with Crippen LogP contribution in [-0.2, 0) is 16.1 Å². The van der Waals surface area contributed by atoms with Crippen molar-refractivity contribution in [2.45, 2.75) is 39.1 Å². The molecule has 0 aliphatic heterocycles. The smallest absolute Gasteiger partial charge is 0.234 e. The van der Waals surface area contributed by atoms with Crippen molar-refractivity contribution in [3.8, 4) is 0 Å². The third-order valence-electron chi connectivity index (χ3n) is 3.02. The molecule has 4 nitrogen and oxygen atoms in total. The molecule has 1 aromatic carbocycles. The van der Waals surface area contributed by atoms with Gasteiger partial charge >= 0.3 is 0 Å². The Labute approximate surface area is 134 Å². The highest BCUT2D eigenvalue weighted by atomic mass is 79.9. The largest absolute Gasteiger partial charge is 0.351 e. The minimum Gasteiger partial charge on any atom is -0.351 e. The van der Waals surface area contributed by atoms with Crippen LogP contribution in [0.3, 0.4) is 0 Å². The Kier molecular flexibility index (Phi) is 6.89. The lowest BCUT2D eigenvalue weighted by Crippen LogP contribution is -2.33. The summed E-state index contributed by atoms with van der Waals surface area (Å²) >= 11 is 3.38. The average molecular weight is 355 g/mol. The number of hydrogen-bond acceptors (Lipinski definition) is 2. The van der Waals surface area contributed by atoms with E-state index >= 15 is 0 Å².